The molecule has 0 spiro atoms. The van der Waals surface area contributed by atoms with Gasteiger partial charge in [0.1, 0.15) is 13.5 Å². The molecule has 2 N–H and O–H groups in total. The van der Waals surface area contributed by atoms with Crippen LogP contribution in [0.5, 0.6) is 0 Å². The van der Waals surface area contributed by atoms with Gasteiger partial charge in [-0.3, -0.25) is 15.4 Å². The summed E-state index contributed by atoms with van der Waals surface area (Å²) in [4.78, 5) is 9.11. The summed E-state index contributed by atoms with van der Waals surface area (Å²) in [6, 6.07) is 0. The van der Waals surface area contributed by atoms with Crippen LogP contribution in [0.3, 0.4) is 0 Å². The van der Waals surface area contributed by atoms with Gasteiger partial charge in [0.2, 0.25) is 0 Å². The average molecular weight is 137 g/mol. The SMILES string of the molecule is CCN(COO)COO. The van der Waals surface area contributed by atoms with E-state index in [-0.39, 0.29) is 13.5 Å². The van der Waals surface area contributed by atoms with Crippen molar-refractivity contribution in [3.05, 3.63) is 0 Å². The first-order valence-electron chi connectivity index (χ1n) is 2.60. The molecule has 0 aromatic carbocycles. The van der Waals surface area contributed by atoms with E-state index in [1.54, 1.807) is 4.90 Å². The molecule has 0 unspecified atom stereocenters. The quantitative estimate of drug-likeness (QED) is 0.322. The molecule has 0 aliphatic heterocycles. The topological polar surface area (TPSA) is 62.2 Å². The van der Waals surface area contributed by atoms with E-state index in [1.165, 1.54) is 0 Å². The standard InChI is InChI=1S/C4H11NO4/c1-2-5(3-8-6)4-9-7/h6-7H,2-4H2,1H3. The summed E-state index contributed by atoms with van der Waals surface area (Å²) >= 11 is 0. The molecule has 0 amide bonds. The third-order valence-electron chi connectivity index (χ3n) is 0.928. The van der Waals surface area contributed by atoms with Crippen LogP contribution in [0.15, 0.2) is 0 Å². The van der Waals surface area contributed by atoms with Crippen LogP contribution in [-0.4, -0.2) is 35.4 Å². The van der Waals surface area contributed by atoms with Gasteiger partial charge in [-0.1, -0.05) is 6.92 Å². The van der Waals surface area contributed by atoms with Gasteiger partial charge in [-0.05, 0) is 6.54 Å². The van der Waals surface area contributed by atoms with Gasteiger partial charge in [0.05, 0.1) is 0 Å². The molecule has 0 aromatic rings. The number of rotatable bonds is 5. The van der Waals surface area contributed by atoms with Gasteiger partial charge < -0.3 is 0 Å². The maximum Gasteiger partial charge on any atom is 0.137 e. The van der Waals surface area contributed by atoms with Crippen molar-refractivity contribution >= 4 is 0 Å². The number of hydrogen-bond acceptors (Lipinski definition) is 5. The predicted octanol–water partition coefficient (Wildman–Crippen LogP) is 0.202. The highest BCUT2D eigenvalue weighted by Crippen LogP contribution is 1.85. The minimum Gasteiger partial charge on any atom is -0.253 e. The summed E-state index contributed by atoms with van der Waals surface area (Å²) in [5, 5.41) is 15.8. The monoisotopic (exact) mass is 137 g/mol. The molecule has 0 heterocycles. The lowest BCUT2D eigenvalue weighted by Gasteiger charge is -2.14. The number of nitrogens with zero attached hydrogens (tertiary/aromatic N) is 1. The Bertz CT molecular complexity index is 54.5. The Morgan fingerprint density at radius 2 is 1.67 bits per heavy atom. The van der Waals surface area contributed by atoms with Gasteiger partial charge in [-0.2, -0.15) is 0 Å². The molecule has 56 valence electrons. The summed E-state index contributed by atoms with van der Waals surface area (Å²) in [6.45, 7) is 2.56. The lowest BCUT2D eigenvalue weighted by Crippen LogP contribution is -2.27. The van der Waals surface area contributed by atoms with Crippen molar-refractivity contribution in [1.29, 1.82) is 0 Å². The Labute approximate surface area is 53.3 Å². The van der Waals surface area contributed by atoms with Gasteiger partial charge in [-0.25, -0.2) is 9.78 Å². The lowest BCUT2D eigenvalue weighted by atomic mass is 10.7. The minimum atomic E-state index is 0.0388. The zero-order chi connectivity index (χ0) is 7.11. The fraction of sp³-hybridized carbons (Fsp3) is 1.00. The second kappa shape index (κ2) is 5.93. The highest BCUT2D eigenvalue weighted by molar-refractivity contribution is 4.36. The van der Waals surface area contributed by atoms with Crippen molar-refractivity contribution in [2.75, 3.05) is 20.0 Å². The molecule has 0 saturated carbocycles. The van der Waals surface area contributed by atoms with E-state index in [0.29, 0.717) is 6.54 Å². The van der Waals surface area contributed by atoms with Crippen LogP contribution >= 0.6 is 0 Å². The summed E-state index contributed by atoms with van der Waals surface area (Å²) in [7, 11) is 0. The fourth-order valence-electron chi connectivity index (χ4n) is 0.383. The Kier molecular flexibility index (Phi) is 5.80. The van der Waals surface area contributed by atoms with Gasteiger partial charge in [0.15, 0.2) is 0 Å². The van der Waals surface area contributed by atoms with E-state index in [9.17, 15) is 0 Å². The molecule has 0 aromatic heterocycles. The summed E-state index contributed by atoms with van der Waals surface area (Å²) in [5.74, 6) is 0. The second-order valence-electron chi connectivity index (χ2n) is 1.50. The Balaban J connectivity index is 3.18. The Hall–Kier alpha value is -0.200. The first kappa shape index (κ1) is 8.80. The van der Waals surface area contributed by atoms with Crippen LogP contribution < -0.4 is 0 Å². The largest absolute Gasteiger partial charge is 0.253 e. The van der Waals surface area contributed by atoms with E-state index in [4.69, 9.17) is 10.5 Å². The summed E-state index contributed by atoms with van der Waals surface area (Å²) < 4.78 is 0. The van der Waals surface area contributed by atoms with Gasteiger partial charge in [0, 0.05) is 0 Å². The van der Waals surface area contributed by atoms with E-state index in [2.05, 4.69) is 9.78 Å². The lowest BCUT2D eigenvalue weighted by molar-refractivity contribution is -0.311. The van der Waals surface area contributed by atoms with E-state index >= 15 is 0 Å². The smallest absolute Gasteiger partial charge is 0.137 e. The van der Waals surface area contributed by atoms with E-state index < -0.39 is 0 Å². The van der Waals surface area contributed by atoms with Crippen molar-refractivity contribution < 1.29 is 20.3 Å². The molecule has 0 rings (SSSR count). The highest BCUT2D eigenvalue weighted by Gasteiger charge is 1.99. The predicted molar refractivity (Wildman–Crippen MR) is 29.5 cm³/mol. The average Bonchev–Trinajstić information content (AvgIpc) is 1.88. The minimum absolute atomic E-state index is 0.0388. The fourth-order valence-corrected chi connectivity index (χ4v) is 0.383. The molecule has 0 aliphatic carbocycles. The van der Waals surface area contributed by atoms with Crippen LogP contribution in [0, 0.1) is 0 Å². The molecule has 0 aliphatic rings. The van der Waals surface area contributed by atoms with Crippen LogP contribution in [0.4, 0.5) is 0 Å². The maximum absolute atomic E-state index is 7.92. The molecular weight excluding hydrogens is 126 g/mol. The highest BCUT2D eigenvalue weighted by atomic mass is 17.1. The van der Waals surface area contributed by atoms with Crippen LogP contribution in [0.25, 0.3) is 0 Å². The van der Waals surface area contributed by atoms with Crippen LogP contribution in [-0.2, 0) is 9.78 Å². The maximum atomic E-state index is 7.92. The Morgan fingerprint density at radius 3 is 1.89 bits per heavy atom. The Morgan fingerprint density at radius 1 is 1.22 bits per heavy atom. The third kappa shape index (κ3) is 4.31. The van der Waals surface area contributed by atoms with Crippen molar-refractivity contribution in [3.63, 3.8) is 0 Å². The van der Waals surface area contributed by atoms with Gasteiger partial charge in [-0.15, -0.1) is 0 Å². The first-order valence-corrected chi connectivity index (χ1v) is 2.60. The van der Waals surface area contributed by atoms with E-state index in [0.717, 1.165) is 0 Å². The van der Waals surface area contributed by atoms with Crippen LogP contribution in [0.1, 0.15) is 6.92 Å². The molecule has 9 heavy (non-hydrogen) atoms. The summed E-state index contributed by atoms with van der Waals surface area (Å²) in [6.07, 6.45) is 0. The van der Waals surface area contributed by atoms with Crippen LogP contribution in [0.2, 0.25) is 0 Å². The molecule has 0 atom stereocenters. The molecule has 0 saturated heterocycles. The number of hydrogen-bond donors (Lipinski definition) is 2. The van der Waals surface area contributed by atoms with Crippen molar-refractivity contribution in [3.8, 4) is 0 Å². The zero-order valence-electron chi connectivity index (χ0n) is 5.28. The van der Waals surface area contributed by atoms with Gasteiger partial charge >= 0.3 is 0 Å². The zero-order valence-corrected chi connectivity index (χ0v) is 5.28. The first-order chi connectivity index (χ1) is 4.35. The molecule has 5 heteroatoms. The van der Waals surface area contributed by atoms with E-state index in [1.807, 2.05) is 6.92 Å². The molecule has 0 bridgehead atoms. The van der Waals surface area contributed by atoms with Crippen molar-refractivity contribution in [2.45, 2.75) is 6.92 Å². The normalized spacial score (nSPS) is 10.7. The van der Waals surface area contributed by atoms with Crippen molar-refractivity contribution in [2.24, 2.45) is 0 Å². The summed E-state index contributed by atoms with van der Waals surface area (Å²) in [5.41, 5.74) is 0. The molecular formula is C4H11NO4. The second-order valence-corrected chi connectivity index (χ2v) is 1.50. The van der Waals surface area contributed by atoms with Gasteiger partial charge in [0.25, 0.3) is 0 Å². The molecule has 5 nitrogen and oxygen atoms in total. The molecule has 0 fully saturated rings. The van der Waals surface area contributed by atoms with Crippen molar-refractivity contribution in [1.82, 2.24) is 4.90 Å². The molecule has 0 radical (unpaired) electrons. The third-order valence-corrected chi connectivity index (χ3v) is 0.928.